The van der Waals surface area contributed by atoms with Crippen LogP contribution in [0, 0.1) is 0 Å². The lowest BCUT2D eigenvalue weighted by Gasteiger charge is -2.36. The lowest BCUT2D eigenvalue weighted by Crippen LogP contribution is -2.39. The Balaban J connectivity index is 1.19. The quantitative estimate of drug-likeness (QED) is 0.128. The molecule has 8 nitrogen and oxygen atoms in total. The molecular weight excluding hydrogens is 780 g/mol. The van der Waals surface area contributed by atoms with Gasteiger partial charge in [0.05, 0.1) is 6.54 Å². The maximum atomic E-state index is 13.2. The van der Waals surface area contributed by atoms with Crippen molar-refractivity contribution >= 4 is 31.9 Å². The lowest BCUT2D eigenvalue weighted by molar-refractivity contribution is 0.194. The number of tetrazole rings is 1. The van der Waals surface area contributed by atoms with Gasteiger partial charge in [-0.3, -0.25) is 4.79 Å². The second-order valence-corrected chi connectivity index (χ2v) is 14.5. The minimum atomic E-state index is -0.876. The first-order valence-electron chi connectivity index (χ1n) is 17.3. The molecule has 8 rings (SSSR count). The molecule has 0 N–H and O–H groups in total. The first-order chi connectivity index (χ1) is 25.5. The van der Waals surface area contributed by atoms with Gasteiger partial charge >= 0.3 is 0 Å². The highest BCUT2D eigenvalue weighted by Crippen LogP contribution is 2.43. The number of hydrogen-bond acceptors (Lipinski definition) is 6. The molecule has 5 aromatic carbocycles. The molecule has 0 spiro atoms. The Bertz CT molecular complexity index is 2260. The predicted molar refractivity (Wildman–Crippen MR) is 209 cm³/mol. The molecule has 0 aliphatic heterocycles. The molecular formula is C42H34Br2N6O2. The highest BCUT2D eigenvalue weighted by atomic mass is 79.9. The second-order valence-electron chi connectivity index (χ2n) is 12.9. The SMILES string of the molecule is O=c1c(Br)c(Br)c(OC2CCCC2)nn1Cc1ccc(-c2ccccc2-c2nnnn2C(c2ccccc2)(c2ccccc2)c2ccccc2)cc1. The molecule has 7 aromatic rings. The van der Waals surface area contributed by atoms with Gasteiger partial charge in [-0.25, -0.2) is 9.36 Å². The molecule has 2 aromatic heterocycles. The third kappa shape index (κ3) is 6.30. The van der Waals surface area contributed by atoms with Crippen LogP contribution in [-0.2, 0) is 12.1 Å². The molecule has 0 atom stereocenters. The summed E-state index contributed by atoms with van der Waals surface area (Å²) in [6, 6.07) is 47.5. The number of aromatic nitrogens is 6. The van der Waals surface area contributed by atoms with Crippen LogP contribution in [0.2, 0.25) is 0 Å². The van der Waals surface area contributed by atoms with Crippen molar-refractivity contribution in [2.45, 2.75) is 43.9 Å². The highest BCUT2D eigenvalue weighted by molar-refractivity contribution is 9.13. The van der Waals surface area contributed by atoms with Crippen molar-refractivity contribution < 1.29 is 4.74 Å². The van der Waals surface area contributed by atoms with Gasteiger partial charge in [0, 0.05) is 5.56 Å². The normalized spacial score (nSPS) is 13.3. The summed E-state index contributed by atoms with van der Waals surface area (Å²) in [7, 11) is 0. The van der Waals surface area contributed by atoms with Crippen molar-refractivity contribution in [3.8, 4) is 28.4 Å². The molecule has 1 fully saturated rings. The van der Waals surface area contributed by atoms with E-state index in [0.29, 0.717) is 27.2 Å². The van der Waals surface area contributed by atoms with Crippen LogP contribution in [0.5, 0.6) is 5.88 Å². The molecule has 1 aliphatic carbocycles. The third-order valence-corrected chi connectivity index (χ3v) is 11.7. The Labute approximate surface area is 318 Å². The number of ether oxygens (including phenoxy) is 1. The van der Waals surface area contributed by atoms with Gasteiger partial charge in [-0.2, -0.15) is 0 Å². The number of halogens is 2. The second kappa shape index (κ2) is 14.8. The van der Waals surface area contributed by atoms with Gasteiger partial charge in [0.2, 0.25) is 5.88 Å². The zero-order valence-electron chi connectivity index (χ0n) is 28.1. The summed E-state index contributed by atoms with van der Waals surface area (Å²) in [5.74, 6) is 1.06. The Morgan fingerprint density at radius 1 is 0.673 bits per heavy atom. The molecule has 0 unspecified atom stereocenters. The van der Waals surface area contributed by atoms with E-state index in [0.717, 1.165) is 64.6 Å². The molecule has 2 heterocycles. The summed E-state index contributed by atoms with van der Waals surface area (Å²) in [5, 5.41) is 18.4. The minimum Gasteiger partial charge on any atom is -0.473 e. The molecule has 10 heteroatoms. The summed E-state index contributed by atoms with van der Waals surface area (Å²) in [5.41, 5.74) is 5.76. The summed E-state index contributed by atoms with van der Waals surface area (Å²) in [6.07, 6.45) is 4.38. The molecule has 52 heavy (non-hydrogen) atoms. The largest absolute Gasteiger partial charge is 0.473 e. The first-order valence-corrected chi connectivity index (χ1v) is 18.9. The number of benzene rings is 5. The van der Waals surface area contributed by atoms with Crippen LogP contribution in [0.25, 0.3) is 22.5 Å². The van der Waals surface area contributed by atoms with Gasteiger partial charge in [-0.1, -0.05) is 140 Å². The Hall–Kier alpha value is -5.19. The Morgan fingerprint density at radius 2 is 1.21 bits per heavy atom. The fraction of sp³-hybridized carbons (Fsp3) is 0.167. The zero-order chi connectivity index (χ0) is 35.5. The fourth-order valence-corrected chi connectivity index (χ4v) is 7.94. The summed E-state index contributed by atoms with van der Waals surface area (Å²) in [6.45, 7) is 0.291. The molecule has 1 aliphatic rings. The third-order valence-electron chi connectivity index (χ3n) is 9.72. The summed E-state index contributed by atoms with van der Waals surface area (Å²) < 4.78 is 10.5. The van der Waals surface area contributed by atoms with Crippen molar-refractivity contribution in [2.24, 2.45) is 0 Å². The Kier molecular flexibility index (Phi) is 9.66. The van der Waals surface area contributed by atoms with Crippen LogP contribution >= 0.6 is 31.9 Å². The summed E-state index contributed by atoms with van der Waals surface area (Å²) >= 11 is 6.97. The monoisotopic (exact) mass is 812 g/mol. The van der Waals surface area contributed by atoms with E-state index in [4.69, 9.17) is 15.0 Å². The molecule has 0 bridgehead atoms. The van der Waals surface area contributed by atoms with Crippen LogP contribution in [0.1, 0.15) is 47.9 Å². The van der Waals surface area contributed by atoms with Crippen LogP contribution in [-0.4, -0.2) is 36.1 Å². The van der Waals surface area contributed by atoms with E-state index in [2.05, 4.69) is 139 Å². The zero-order valence-corrected chi connectivity index (χ0v) is 31.3. The first kappa shape index (κ1) is 33.9. The van der Waals surface area contributed by atoms with E-state index in [-0.39, 0.29) is 11.7 Å². The van der Waals surface area contributed by atoms with Gasteiger partial charge in [-0.15, -0.1) is 10.2 Å². The minimum absolute atomic E-state index is 0.111. The Morgan fingerprint density at radius 3 is 1.79 bits per heavy atom. The maximum absolute atomic E-state index is 13.2. The van der Waals surface area contributed by atoms with Gasteiger partial charge in [0.1, 0.15) is 20.6 Å². The van der Waals surface area contributed by atoms with E-state index in [1.165, 1.54) is 4.68 Å². The number of rotatable bonds is 10. The van der Waals surface area contributed by atoms with Crippen LogP contribution < -0.4 is 10.3 Å². The standard InChI is InChI=1S/C42H34Br2N6O2/c43-37-38(44)41(51)49(46-40(37)52-34-20-10-11-21-34)28-29-24-26-30(27-25-29)35-22-12-13-23-36(35)39-45-47-48-50(39)42(31-14-4-1-5-15-31,32-16-6-2-7-17-32)33-18-8-3-9-19-33/h1-9,12-19,22-27,34H,10-11,20-21,28H2. The lowest BCUT2D eigenvalue weighted by atomic mass is 9.77. The van der Waals surface area contributed by atoms with Crippen LogP contribution in [0.15, 0.2) is 153 Å². The number of hydrogen-bond donors (Lipinski definition) is 0. The highest BCUT2D eigenvalue weighted by Gasteiger charge is 2.42. The smallest absolute Gasteiger partial charge is 0.282 e. The van der Waals surface area contributed by atoms with E-state index in [1.807, 2.05) is 47.1 Å². The van der Waals surface area contributed by atoms with Crippen molar-refractivity contribution in [2.75, 3.05) is 0 Å². The number of nitrogens with zero attached hydrogens (tertiary/aromatic N) is 6. The van der Waals surface area contributed by atoms with Gasteiger partial charge < -0.3 is 4.74 Å². The van der Waals surface area contributed by atoms with Crippen molar-refractivity contribution in [3.63, 3.8) is 0 Å². The molecule has 1 saturated carbocycles. The van der Waals surface area contributed by atoms with Crippen molar-refractivity contribution in [1.82, 2.24) is 30.0 Å². The van der Waals surface area contributed by atoms with Crippen LogP contribution in [0.3, 0.4) is 0 Å². The molecule has 0 amide bonds. The molecule has 0 radical (unpaired) electrons. The van der Waals surface area contributed by atoms with E-state index < -0.39 is 5.54 Å². The predicted octanol–water partition coefficient (Wildman–Crippen LogP) is 9.30. The molecule has 0 saturated heterocycles. The van der Waals surface area contributed by atoms with Gasteiger partial charge in [-0.05, 0) is 101 Å². The van der Waals surface area contributed by atoms with E-state index >= 15 is 0 Å². The average Bonchev–Trinajstić information content (AvgIpc) is 3.91. The van der Waals surface area contributed by atoms with Gasteiger partial charge in [0.15, 0.2) is 5.82 Å². The average molecular weight is 815 g/mol. The maximum Gasteiger partial charge on any atom is 0.282 e. The van der Waals surface area contributed by atoms with Gasteiger partial charge in [0.25, 0.3) is 5.56 Å². The van der Waals surface area contributed by atoms with E-state index in [9.17, 15) is 4.79 Å². The summed E-state index contributed by atoms with van der Waals surface area (Å²) in [4.78, 5) is 13.2. The molecule has 258 valence electrons. The van der Waals surface area contributed by atoms with Crippen molar-refractivity contribution in [3.05, 3.63) is 181 Å². The van der Waals surface area contributed by atoms with Crippen molar-refractivity contribution in [1.29, 1.82) is 0 Å². The topological polar surface area (TPSA) is 87.7 Å². The fourth-order valence-electron chi connectivity index (χ4n) is 7.22. The van der Waals surface area contributed by atoms with Crippen LogP contribution in [0.4, 0.5) is 0 Å². The van der Waals surface area contributed by atoms with E-state index in [1.54, 1.807) is 0 Å².